The number of rotatable bonds is 13. The molecule has 2 nitrogen and oxygen atoms in total. The molecule has 2 atom stereocenters. The lowest BCUT2D eigenvalue weighted by atomic mass is 10.0. The number of hydrogen-bond donors (Lipinski definition) is 2. The number of hydrogen-bond acceptors (Lipinski definition) is 2. The van der Waals surface area contributed by atoms with Crippen molar-refractivity contribution in [3.63, 3.8) is 0 Å². The zero-order chi connectivity index (χ0) is 14.3. The van der Waals surface area contributed by atoms with Gasteiger partial charge in [-0.3, -0.25) is 5.32 Å². The van der Waals surface area contributed by atoms with E-state index in [4.69, 9.17) is 12.2 Å². The molecule has 0 spiro atoms. The fraction of sp³-hybridized carbons (Fsp3) is 0.882. The third kappa shape index (κ3) is 11.0. The summed E-state index contributed by atoms with van der Waals surface area (Å²) in [6.07, 6.45) is 18.3. The molecular weight excluding hydrogens is 232 g/mol. The lowest BCUT2D eigenvalue weighted by Gasteiger charge is -2.21. The molecular formula is C17H34N2. The molecule has 0 heterocycles. The molecule has 0 aromatic rings. The predicted octanol–water partition coefficient (Wildman–Crippen LogP) is 3.85. The van der Waals surface area contributed by atoms with E-state index in [1.54, 1.807) is 0 Å². The molecule has 0 rings (SSSR count). The minimum atomic E-state index is 0.197. The van der Waals surface area contributed by atoms with E-state index >= 15 is 0 Å². The largest absolute Gasteiger partial charge is 0.329 e. The van der Waals surface area contributed by atoms with Gasteiger partial charge in [-0.25, -0.2) is 0 Å². The Hall–Kier alpha value is -0.520. The van der Waals surface area contributed by atoms with Crippen LogP contribution < -0.4 is 11.1 Å². The molecule has 0 saturated carbocycles. The first-order valence-corrected chi connectivity index (χ1v) is 8.20. The minimum absolute atomic E-state index is 0.197. The maximum absolute atomic E-state index is 5.82. The average Bonchev–Trinajstić information content (AvgIpc) is 2.44. The van der Waals surface area contributed by atoms with Gasteiger partial charge in [0, 0.05) is 12.6 Å². The van der Waals surface area contributed by atoms with Crippen molar-refractivity contribution in [1.82, 2.24) is 5.32 Å². The summed E-state index contributed by atoms with van der Waals surface area (Å²) in [5.74, 6) is 2.83. The average molecular weight is 266 g/mol. The first kappa shape index (κ1) is 18.5. The molecule has 0 aromatic carbocycles. The van der Waals surface area contributed by atoms with Gasteiger partial charge in [-0.05, 0) is 12.8 Å². The van der Waals surface area contributed by atoms with Crippen LogP contribution in [-0.2, 0) is 0 Å². The zero-order valence-electron chi connectivity index (χ0n) is 13.1. The van der Waals surface area contributed by atoms with E-state index in [9.17, 15) is 0 Å². The van der Waals surface area contributed by atoms with E-state index in [-0.39, 0.29) is 6.04 Å². The highest BCUT2D eigenvalue weighted by atomic mass is 15.0. The molecule has 0 aliphatic carbocycles. The summed E-state index contributed by atoms with van der Waals surface area (Å²) >= 11 is 0. The number of nitrogens with two attached hydrogens (primary N) is 1. The van der Waals surface area contributed by atoms with Crippen molar-refractivity contribution in [2.24, 2.45) is 5.73 Å². The first-order chi connectivity index (χ1) is 9.28. The fourth-order valence-electron chi connectivity index (χ4n) is 2.41. The Morgan fingerprint density at radius 3 is 2.11 bits per heavy atom. The van der Waals surface area contributed by atoms with Gasteiger partial charge in [-0.1, -0.05) is 71.1 Å². The van der Waals surface area contributed by atoms with Crippen molar-refractivity contribution in [2.75, 3.05) is 6.54 Å². The molecule has 0 fully saturated rings. The van der Waals surface area contributed by atoms with Gasteiger partial charge in [0.25, 0.3) is 0 Å². The van der Waals surface area contributed by atoms with E-state index in [2.05, 4.69) is 25.1 Å². The summed E-state index contributed by atoms with van der Waals surface area (Å²) in [7, 11) is 0. The van der Waals surface area contributed by atoms with Crippen LogP contribution in [0.3, 0.4) is 0 Å². The van der Waals surface area contributed by atoms with E-state index in [0.717, 1.165) is 19.3 Å². The molecule has 0 bridgehead atoms. The predicted molar refractivity (Wildman–Crippen MR) is 86.1 cm³/mol. The number of unbranched alkanes of at least 4 members (excludes halogenated alkanes) is 6. The third-order valence-electron chi connectivity index (χ3n) is 3.66. The monoisotopic (exact) mass is 266 g/mol. The molecule has 0 amide bonds. The van der Waals surface area contributed by atoms with Crippen molar-refractivity contribution in [3.8, 4) is 12.3 Å². The number of nitrogens with one attached hydrogen (secondary N) is 1. The molecule has 0 aromatic heterocycles. The van der Waals surface area contributed by atoms with Crippen LogP contribution in [0.4, 0.5) is 0 Å². The second-order valence-corrected chi connectivity index (χ2v) is 5.52. The standard InChI is InChI=1S/C17H34N2/c1-4-7-8-9-10-11-12-14-17(15-18)19-16(6-3)13-5-2/h3,16-17,19H,4-5,7-15,18H2,1-2H3. The summed E-state index contributed by atoms with van der Waals surface area (Å²) in [5, 5.41) is 3.50. The molecule has 112 valence electrons. The van der Waals surface area contributed by atoms with E-state index in [0.29, 0.717) is 12.6 Å². The van der Waals surface area contributed by atoms with E-state index in [1.165, 1.54) is 44.9 Å². The SMILES string of the molecule is C#CC(CCC)NC(CN)CCCCCCCCC. The quantitative estimate of drug-likeness (QED) is 0.392. The van der Waals surface area contributed by atoms with Crippen molar-refractivity contribution >= 4 is 0 Å². The van der Waals surface area contributed by atoms with Gasteiger partial charge in [0.05, 0.1) is 6.04 Å². The van der Waals surface area contributed by atoms with Crippen LogP contribution >= 0.6 is 0 Å². The maximum atomic E-state index is 5.82. The Morgan fingerprint density at radius 2 is 1.58 bits per heavy atom. The van der Waals surface area contributed by atoms with Gasteiger partial charge in [0.15, 0.2) is 0 Å². The maximum Gasteiger partial charge on any atom is 0.0689 e. The summed E-state index contributed by atoms with van der Waals surface area (Å²) in [6, 6.07) is 0.589. The van der Waals surface area contributed by atoms with Crippen molar-refractivity contribution < 1.29 is 0 Å². The Labute approximate surface area is 120 Å². The zero-order valence-corrected chi connectivity index (χ0v) is 13.1. The Balaban J connectivity index is 3.61. The highest BCUT2D eigenvalue weighted by Crippen LogP contribution is 2.10. The van der Waals surface area contributed by atoms with Crippen LogP contribution in [-0.4, -0.2) is 18.6 Å². The first-order valence-electron chi connectivity index (χ1n) is 8.20. The topological polar surface area (TPSA) is 38.0 Å². The lowest BCUT2D eigenvalue weighted by molar-refractivity contribution is 0.422. The molecule has 3 N–H and O–H groups in total. The molecule has 0 radical (unpaired) electrons. The van der Waals surface area contributed by atoms with Crippen LogP contribution in [0.1, 0.15) is 78.1 Å². The van der Waals surface area contributed by atoms with Crippen molar-refractivity contribution in [2.45, 2.75) is 90.1 Å². The van der Waals surface area contributed by atoms with Gasteiger partial charge in [0.2, 0.25) is 0 Å². The third-order valence-corrected chi connectivity index (χ3v) is 3.66. The molecule has 2 heteroatoms. The van der Waals surface area contributed by atoms with Gasteiger partial charge in [-0.15, -0.1) is 6.42 Å². The van der Waals surface area contributed by atoms with Crippen LogP contribution in [0.2, 0.25) is 0 Å². The summed E-state index contributed by atoms with van der Waals surface area (Å²) in [6.45, 7) is 5.12. The highest BCUT2D eigenvalue weighted by molar-refractivity contribution is 4.99. The normalized spacial score (nSPS) is 14.0. The van der Waals surface area contributed by atoms with Crippen LogP contribution in [0.5, 0.6) is 0 Å². The highest BCUT2D eigenvalue weighted by Gasteiger charge is 2.11. The van der Waals surface area contributed by atoms with Gasteiger partial charge < -0.3 is 5.73 Å². The molecule has 0 aliphatic rings. The Morgan fingerprint density at radius 1 is 0.947 bits per heavy atom. The van der Waals surface area contributed by atoms with Crippen LogP contribution in [0.15, 0.2) is 0 Å². The molecule has 2 unspecified atom stereocenters. The minimum Gasteiger partial charge on any atom is -0.329 e. The second-order valence-electron chi connectivity index (χ2n) is 5.52. The molecule has 19 heavy (non-hydrogen) atoms. The van der Waals surface area contributed by atoms with E-state index in [1.807, 2.05) is 0 Å². The van der Waals surface area contributed by atoms with Gasteiger partial charge in [-0.2, -0.15) is 0 Å². The molecule has 0 aliphatic heterocycles. The van der Waals surface area contributed by atoms with Crippen LogP contribution in [0.25, 0.3) is 0 Å². The number of terminal acetylenes is 1. The van der Waals surface area contributed by atoms with E-state index < -0.39 is 0 Å². The van der Waals surface area contributed by atoms with Gasteiger partial charge in [0.1, 0.15) is 0 Å². The summed E-state index contributed by atoms with van der Waals surface area (Å²) in [5.41, 5.74) is 5.82. The van der Waals surface area contributed by atoms with Crippen LogP contribution in [0, 0.1) is 12.3 Å². The lowest BCUT2D eigenvalue weighted by Crippen LogP contribution is -2.42. The Kier molecular flexibility index (Phi) is 13.5. The Bertz CT molecular complexity index is 220. The summed E-state index contributed by atoms with van der Waals surface area (Å²) in [4.78, 5) is 0. The fourth-order valence-corrected chi connectivity index (χ4v) is 2.41. The van der Waals surface area contributed by atoms with Gasteiger partial charge >= 0.3 is 0 Å². The second kappa shape index (κ2) is 13.9. The van der Waals surface area contributed by atoms with Crippen molar-refractivity contribution in [1.29, 1.82) is 0 Å². The summed E-state index contributed by atoms with van der Waals surface area (Å²) < 4.78 is 0. The van der Waals surface area contributed by atoms with Crippen molar-refractivity contribution in [3.05, 3.63) is 0 Å². The smallest absolute Gasteiger partial charge is 0.0689 e. The molecule has 0 saturated heterocycles.